The lowest BCUT2D eigenvalue weighted by atomic mass is 9.82. The maximum Gasteiger partial charge on any atom is 0.0618 e. The molecule has 0 N–H and O–H groups in total. The molecule has 5 rings (SSSR count). The summed E-state index contributed by atoms with van der Waals surface area (Å²) in [5.74, 6) is 0. The zero-order chi connectivity index (χ0) is 17.3. The van der Waals surface area contributed by atoms with E-state index in [2.05, 4.69) is 86.5 Å². The number of fused-ring (bicyclic) bond motifs is 4. The first kappa shape index (κ1) is 14.3. The highest BCUT2D eigenvalue weighted by molar-refractivity contribution is 6.14. The van der Waals surface area contributed by atoms with E-state index in [4.69, 9.17) is 0 Å². The van der Waals surface area contributed by atoms with Gasteiger partial charge in [0.05, 0.1) is 5.69 Å². The molecule has 2 aliphatic rings. The van der Waals surface area contributed by atoms with Gasteiger partial charge in [0.2, 0.25) is 0 Å². The van der Waals surface area contributed by atoms with Crippen molar-refractivity contribution in [1.29, 1.82) is 0 Å². The Labute approximate surface area is 148 Å². The van der Waals surface area contributed by atoms with Crippen LogP contribution < -0.4 is 4.90 Å². The highest BCUT2D eigenvalue weighted by atomic mass is 15.2. The third-order valence-corrected chi connectivity index (χ3v) is 5.35. The van der Waals surface area contributed by atoms with Gasteiger partial charge in [-0.2, -0.15) is 0 Å². The van der Waals surface area contributed by atoms with Gasteiger partial charge in [-0.15, -0.1) is 0 Å². The number of hydrogen-bond donors (Lipinski definition) is 0. The Kier molecular flexibility index (Phi) is 2.71. The van der Waals surface area contributed by atoms with Crippen molar-refractivity contribution in [3.8, 4) is 22.3 Å². The number of hydrogen-bond acceptors (Lipinski definition) is 1. The van der Waals surface area contributed by atoms with Crippen LogP contribution in [-0.2, 0) is 0 Å². The Bertz CT molecular complexity index is 1020. The molecular formula is C24H19N. The lowest BCUT2D eigenvalue weighted by molar-refractivity contribution is 1.25. The van der Waals surface area contributed by atoms with Crippen LogP contribution in [0.25, 0.3) is 33.6 Å². The first-order chi connectivity index (χ1) is 12.1. The standard InChI is InChI=1S/C24H19N/c1-14-8-10-18-16(3)25-17(4)19-11-9-15(2)13-23(19)21-7-5-6-20(24(21)25)22(18)12-14/h5-13H,3-4H2,1-2H3. The van der Waals surface area contributed by atoms with Crippen LogP contribution in [0.2, 0.25) is 0 Å². The molecule has 120 valence electrons. The van der Waals surface area contributed by atoms with Crippen LogP contribution in [0.1, 0.15) is 22.3 Å². The van der Waals surface area contributed by atoms with Gasteiger partial charge in [-0.3, -0.25) is 0 Å². The topological polar surface area (TPSA) is 3.24 Å². The van der Waals surface area contributed by atoms with Crippen molar-refractivity contribution >= 4 is 17.1 Å². The molecule has 3 aromatic carbocycles. The average molecular weight is 321 g/mol. The van der Waals surface area contributed by atoms with Crippen molar-refractivity contribution in [2.75, 3.05) is 4.90 Å². The third kappa shape index (κ3) is 1.78. The lowest BCUT2D eigenvalue weighted by Crippen LogP contribution is -2.26. The zero-order valence-electron chi connectivity index (χ0n) is 14.6. The van der Waals surface area contributed by atoms with Crippen LogP contribution in [0, 0.1) is 13.8 Å². The minimum atomic E-state index is 1.01. The summed E-state index contributed by atoms with van der Waals surface area (Å²) in [5, 5.41) is 0. The number of anilines is 1. The molecule has 0 spiro atoms. The molecule has 2 aliphatic heterocycles. The summed E-state index contributed by atoms with van der Waals surface area (Å²) >= 11 is 0. The zero-order valence-corrected chi connectivity index (χ0v) is 14.6. The van der Waals surface area contributed by atoms with Crippen LogP contribution in [0.5, 0.6) is 0 Å². The van der Waals surface area contributed by atoms with E-state index in [0.29, 0.717) is 0 Å². The maximum atomic E-state index is 4.42. The van der Waals surface area contributed by atoms with E-state index in [0.717, 1.165) is 11.4 Å². The van der Waals surface area contributed by atoms with E-state index in [-0.39, 0.29) is 0 Å². The van der Waals surface area contributed by atoms with Crippen LogP contribution >= 0.6 is 0 Å². The van der Waals surface area contributed by atoms with Gasteiger partial charge < -0.3 is 4.90 Å². The molecule has 1 nitrogen and oxygen atoms in total. The second-order valence-corrected chi connectivity index (χ2v) is 7.03. The second kappa shape index (κ2) is 4.73. The van der Waals surface area contributed by atoms with Crippen molar-refractivity contribution < 1.29 is 0 Å². The van der Waals surface area contributed by atoms with Crippen LogP contribution in [0.3, 0.4) is 0 Å². The lowest BCUT2D eigenvalue weighted by Gasteiger charge is -2.41. The number of nitrogens with zero attached hydrogens (tertiary/aromatic N) is 1. The maximum absolute atomic E-state index is 4.42. The summed E-state index contributed by atoms with van der Waals surface area (Å²) in [4.78, 5) is 2.24. The van der Waals surface area contributed by atoms with Gasteiger partial charge in [-0.25, -0.2) is 0 Å². The van der Waals surface area contributed by atoms with Crippen molar-refractivity contribution in [3.05, 3.63) is 90.0 Å². The highest BCUT2D eigenvalue weighted by Gasteiger charge is 2.34. The van der Waals surface area contributed by atoms with Gasteiger partial charge >= 0.3 is 0 Å². The minimum Gasteiger partial charge on any atom is -0.309 e. The molecule has 0 fully saturated rings. The van der Waals surface area contributed by atoms with E-state index in [9.17, 15) is 0 Å². The monoisotopic (exact) mass is 321 g/mol. The van der Waals surface area contributed by atoms with Crippen LogP contribution in [-0.4, -0.2) is 0 Å². The largest absolute Gasteiger partial charge is 0.309 e. The first-order valence-corrected chi connectivity index (χ1v) is 8.60. The average Bonchev–Trinajstić information content (AvgIpc) is 2.60. The van der Waals surface area contributed by atoms with Crippen LogP contribution in [0.15, 0.2) is 67.8 Å². The van der Waals surface area contributed by atoms with Gasteiger partial charge in [0, 0.05) is 33.6 Å². The van der Waals surface area contributed by atoms with Crippen molar-refractivity contribution in [2.24, 2.45) is 0 Å². The quantitative estimate of drug-likeness (QED) is 0.462. The predicted molar refractivity (Wildman–Crippen MR) is 107 cm³/mol. The molecule has 1 heteroatoms. The number of aryl methyl sites for hydroxylation is 2. The highest BCUT2D eigenvalue weighted by Crippen LogP contribution is 2.55. The van der Waals surface area contributed by atoms with Crippen molar-refractivity contribution in [1.82, 2.24) is 0 Å². The van der Waals surface area contributed by atoms with Gasteiger partial charge in [-0.05, 0) is 25.0 Å². The number of rotatable bonds is 0. The summed E-state index contributed by atoms with van der Waals surface area (Å²) in [6, 6.07) is 19.8. The van der Waals surface area contributed by atoms with Crippen LogP contribution in [0.4, 0.5) is 5.69 Å². The summed E-state index contributed by atoms with van der Waals surface area (Å²) < 4.78 is 0. The Morgan fingerprint density at radius 3 is 1.56 bits per heavy atom. The van der Waals surface area contributed by atoms with E-state index in [1.807, 2.05) is 0 Å². The van der Waals surface area contributed by atoms with Gasteiger partial charge in [0.1, 0.15) is 0 Å². The normalized spacial score (nSPS) is 14.1. The van der Waals surface area contributed by atoms with Gasteiger partial charge in [-0.1, -0.05) is 78.9 Å². The predicted octanol–water partition coefficient (Wildman–Crippen LogP) is 6.41. The molecule has 25 heavy (non-hydrogen) atoms. The Hall–Kier alpha value is -3.06. The summed E-state index contributed by atoms with van der Waals surface area (Å²) in [6.07, 6.45) is 0. The molecule has 0 aliphatic carbocycles. The number of para-hydroxylation sites is 1. The second-order valence-electron chi connectivity index (χ2n) is 7.03. The van der Waals surface area contributed by atoms with Crippen molar-refractivity contribution in [2.45, 2.75) is 13.8 Å². The van der Waals surface area contributed by atoms with Crippen molar-refractivity contribution in [3.63, 3.8) is 0 Å². The third-order valence-electron chi connectivity index (χ3n) is 5.35. The fourth-order valence-electron chi connectivity index (χ4n) is 4.16. The minimum absolute atomic E-state index is 1.01. The molecule has 0 amide bonds. The molecule has 0 saturated heterocycles. The molecule has 2 heterocycles. The Morgan fingerprint density at radius 2 is 1.08 bits per heavy atom. The van der Waals surface area contributed by atoms with Gasteiger partial charge in [0.15, 0.2) is 0 Å². The molecule has 0 saturated carbocycles. The SMILES string of the molecule is C=C1c2ccc(C)cc2-c2cccc3c2N1C(=C)c1ccc(C)cc1-3. The number of benzene rings is 3. The molecule has 0 unspecified atom stereocenters. The molecule has 0 radical (unpaired) electrons. The molecule has 0 bridgehead atoms. The fourth-order valence-corrected chi connectivity index (χ4v) is 4.16. The van der Waals surface area contributed by atoms with E-state index < -0.39 is 0 Å². The van der Waals surface area contributed by atoms with Gasteiger partial charge in [0.25, 0.3) is 0 Å². The molecule has 3 aromatic rings. The molecule has 0 atom stereocenters. The molecular weight excluding hydrogens is 302 g/mol. The van der Waals surface area contributed by atoms with E-state index in [1.165, 1.54) is 50.2 Å². The summed E-state index contributed by atoms with van der Waals surface area (Å²) in [6.45, 7) is 13.1. The van der Waals surface area contributed by atoms with E-state index in [1.54, 1.807) is 0 Å². The van der Waals surface area contributed by atoms with E-state index >= 15 is 0 Å². The summed E-state index contributed by atoms with van der Waals surface area (Å²) in [5.41, 5.74) is 13.2. The first-order valence-electron chi connectivity index (χ1n) is 8.60. The Balaban J connectivity index is 1.93. The molecule has 0 aromatic heterocycles. The Morgan fingerprint density at radius 1 is 0.600 bits per heavy atom. The fraction of sp³-hybridized carbons (Fsp3) is 0.0833. The smallest absolute Gasteiger partial charge is 0.0618 e. The summed E-state index contributed by atoms with van der Waals surface area (Å²) in [7, 11) is 0.